The minimum absolute atomic E-state index is 0.403. The summed E-state index contributed by atoms with van der Waals surface area (Å²) in [6.45, 7) is 0. The number of rotatable bonds is 8. The molecule has 0 aliphatic heterocycles. The van der Waals surface area contributed by atoms with Gasteiger partial charge in [-0.15, -0.1) is 0 Å². The Balaban J connectivity index is 0.897. The average Bonchev–Trinajstić information content (AvgIpc) is 3.84. The highest BCUT2D eigenvalue weighted by atomic mass is 15.1. The molecular weight excluding hydrogens is 761 g/mol. The van der Waals surface area contributed by atoms with Crippen molar-refractivity contribution in [3.63, 3.8) is 0 Å². The molecular formula is C61H42N2. The highest BCUT2D eigenvalue weighted by Gasteiger charge is 2.52. The summed E-state index contributed by atoms with van der Waals surface area (Å²) in [6, 6.07) is 92.8. The fraction of sp³-hybridized carbons (Fsp3) is 0.0164. The Morgan fingerprint density at radius 2 is 0.540 bits per heavy atom. The molecule has 2 aliphatic carbocycles. The Bertz CT molecular complexity index is 3160. The fourth-order valence-electron chi connectivity index (χ4n) is 10.4. The lowest BCUT2D eigenvalue weighted by Gasteiger charge is -2.31. The maximum Gasteiger partial charge on any atom is 0.0726 e. The monoisotopic (exact) mass is 802 g/mol. The summed E-state index contributed by atoms with van der Waals surface area (Å²) in [5.41, 5.74) is 21.7. The number of nitrogens with zero attached hydrogens (tertiary/aromatic N) is 2. The molecule has 0 fully saturated rings. The number of anilines is 6. The summed E-state index contributed by atoms with van der Waals surface area (Å²) in [5.74, 6) is 0. The third-order valence-electron chi connectivity index (χ3n) is 13.1. The Morgan fingerprint density at radius 1 is 0.222 bits per heavy atom. The van der Waals surface area contributed by atoms with Crippen LogP contribution in [0.5, 0.6) is 0 Å². The molecule has 10 aromatic rings. The summed E-state index contributed by atoms with van der Waals surface area (Å²) in [6.07, 6.45) is 0. The second-order valence-electron chi connectivity index (χ2n) is 16.4. The molecule has 0 heterocycles. The molecule has 12 rings (SSSR count). The minimum Gasteiger partial charge on any atom is -0.311 e. The molecule has 2 aliphatic rings. The van der Waals surface area contributed by atoms with Crippen molar-refractivity contribution in [1.29, 1.82) is 0 Å². The third-order valence-corrected chi connectivity index (χ3v) is 13.1. The van der Waals surface area contributed by atoms with Crippen molar-refractivity contribution in [3.05, 3.63) is 277 Å². The Labute approximate surface area is 369 Å². The van der Waals surface area contributed by atoms with Crippen molar-refractivity contribution in [2.45, 2.75) is 5.41 Å². The van der Waals surface area contributed by atoms with Crippen LogP contribution in [0.2, 0.25) is 0 Å². The van der Waals surface area contributed by atoms with E-state index in [1.165, 1.54) is 72.4 Å². The lowest BCUT2D eigenvalue weighted by atomic mass is 9.70. The number of fused-ring (bicyclic) bond motifs is 10. The third kappa shape index (κ3) is 5.87. The predicted molar refractivity (Wildman–Crippen MR) is 263 cm³/mol. The van der Waals surface area contributed by atoms with Crippen molar-refractivity contribution in [2.75, 3.05) is 9.80 Å². The van der Waals surface area contributed by atoms with Gasteiger partial charge in [0.2, 0.25) is 0 Å². The Morgan fingerprint density at radius 3 is 1.00 bits per heavy atom. The molecule has 2 nitrogen and oxygen atoms in total. The lowest BCUT2D eigenvalue weighted by Crippen LogP contribution is -2.26. The topological polar surface area (TPSA) is 6.48 Å². The quantitative estimate of drug-likeness (QED) is 0.151. The van der Waals surface area contributed by atoms with Gasteiger partial charge in [0.25, 0.3) is 0 Å². The van der Waals surface area contributed by atoms with E-state index in [4.69, 9.17) is 0 Å². The average molecular weight is 803 g/mol. The normalized spacial score (nSPS) is 12.6. The number of para-hydroxylation sites is 3. The molecule has 0 unspecified atom stereocenters. The molecule has 2 heteroatoms. The second-order valence-corrected chi connectivity index (χ2v) is 16.4. The van der Waals surface area contributed by atoms with Gasteiger partial charge in [-0.3, -0.25) is 0 Å². The summed E-state index contributed by atoms with van der Waals surface area (Å²) >= 11 is 0. The first kappa shape index (κ1) is 36.6. The number of hydrogen-bond donors (Lipinski definition) is 0. The second kappa shape index (κ2) is 15.1. The van der Waals surface area contributed by atoms with E-state index in [1.807, 2.05) is 0 Å². The van der Waals surface area contributed by atoms with E-state index >= 15 is 0 Å². The van der Waals surface area contributed by atoms with Crippen molar-refractivity contribution in [2.24, 2.45) is 0 Å². The van der Waals surface area contributed by atoms with Crippen LogP contribution in [0.25, 0.3) is 44.5 Å². The van der Waals surface area contributed by atoms with Gasteiger partial charge in [-0.1, -0.05) is 188 Å². The van der Waals surface area contributed by atoms with Gasteiger partial charge in [-0.25, -0.2) is 0 Å². The van der Waals surface area contributed by atoms with E-state index in [0.717, 1.165) is 28.4 Å². The van der Waals surface area contributed by atoms with Crippen LogP contribution in [0.3, 0.4) is 0 Å². The SMILES string of the molecule is c1ccc(N(c2ccccc2)c2ccc(-c3ccc(-c4ccc(N(c5ccccc5)c5cccc6c5-c5ccccc5C65c6ccccc6-c6ccccc65)cc4)cc3)cc2)cc1. The van der Waals surface area contributed by atoms with E-state index in [0.29, 0.717) is 0 Å². The van der Waals surface area contributed by atoms with Crippen LogP contribution < -0.4 is 9.80 Å². The van der Waals surface area contributed by atoms with E-state index in [9.17, 15) is 0 Å². The van der Waals surface area contributed by atoms with E-state index < -0.39 is 5.41 Å². The minimum atomic E-state index is -0.403. The standard InChI is InChI=1S/C61H42N2/c1-4-17-47(18-5-1)62(48-19-6-2-7-20-48)50-39-35-45(36-40-50)43-31-33-44(34-32-43)46-37-41-51(42-38-46)63(49-21-8-3-9-22-49)59-30-16-29-58-60(59)54-25-12-15-28-57(54)61(58)55-26-13-10-23-52(55)53-24-11-14-27-56(53)61/h1-42H. The van der Waals surface area contributed by atoms with Gasteiger partial charge in [0.1, 0.15) is 0 Å². The Kier molecular flexibility index (Phi) is 8.76. The van der Waals surface area contributed by atoms with Crippen LogP contribution in [0.4, 0.5) is 34.1 Å². The van der Waals surface area contributed by atoms with Crippen LogP contribution in [0, 0.1) is 0 Å². The van der Waals surface area contributed by atoms with Gasteiger partial charge in [0.15, 0.2) is 0 Å². The maximum atomic E-state index is 2.44. The molecule has 1 spiro atoms. The summed E-state index contributed by atoms with van der Waals surface area (Å²) in [4.78, 5) is 4.73. The summed E-state index contributed by atoms with van der Waals surface area (Å²) < 4.78 is 0. The summed E-state index contributed by atoms with van der Waals surface area (Å²) in [5, 5.41) is 0. The first-order chi connectivity index (χ1) is 31.3. The molecule has 0 bridgehead atoms. The van der Waals surface area contributed by atoms with Crippen LogP contribution in [0.1, 0.15) is 22.3 Å². The number of hydrogen-bond acceptors (Lipinski definition) is 2. The van der Waals surface area contributed by atoms with Crippen molar-refractivity contribution in [3.8, 4) is 44.5 Å². The van der Waals surface area contributed by atoms with Crippen LogP contribution >= 0.6 is 0 Å². The van der Waals surface area contributed by atoms with Crippen LogP contribution in [0.15, 0.2) is 255 Å². The zero-order valence-electron chi connectivity index (χ0n) is 34.6. The molecule has 0 saturated carbocycles. The molecule has 63 heavy (non-hydrogen) atoms. The largest absolute Gasteiger partial charge is 0.311 e. The van der Waals surface area contributed by atoms with Crippen molar-refractivity contribution >= 4 is 34.1 Å². The van der Waals surface area contributed by atoms with Gasteiger partial charge in [0.05, 0.1) is 11.1 Å². The smallest absolute Gasteiger partial charge is 0.0726 e. The molecule has 0 radical (unpaired) electrons. The molecule has 0 aromatic heterocycles. The van der Waals surface area contributed by atoms with Gasteiger partial charge >= 0.3 is 0 Å². The zero-order valence-corrected chi connectivity index (χ0v) is 34.6. The Hall–Kier alpha value is -8.20. The lowest BCUT2D eigenvalue weighted by molar-refractivity contribution is 0.794. The molecule has 0 atom stereocenters. The predicted octanol–water partition coefficient (Wildman–Crippen LogP) is 16.3. The zero-order chi connectivity index (χ0) is 41.7. The van der Waals surface area contributed by atoms with E-state index in [1.54, 1.807) is 0 Å². The van der Waals surface area contributed by atoms with Crippen LogP contribution in [-0.4, -0.2) is 0 Å². The van der Waals surface area contributed by atoms with Crippen molar-refractivity contribution in [1.82, 2.24) is 0 Å². The number of benzene rings is 10. The van der Waals surface area contributed by atoms with Crippen LogP contribution in [-0.2, 0) is 5.41 Å². The molecule has 0 amide bonds. The van der Waals surface area contributed by atoms with Gasteiger partial charge < -0.3 is 9.80 Å². The van der Waals surface area contributed by atoms with E-state index in [-0.39, 0.29) is 0 Å². The van der Waals surface area contributed by atoms with Crippen molar-refractivity contribution < 1.29 is 0 Å². The maximum absolute atomic E-state index is 2.44. The molecule has 296 valence electrons. The molecule has 0 saturated heterocycles. The van der Waals surface area contributed by atoms with Gasteiger partial charge in [-0.2, -0.15) is 0 Å². The first-order valence-electron chi connectivity index (χ1n) is 21.8. The molecule has 10 aromatic carbocycles. The van der Waals surface area contributed by atoms with E-state index in [2.05, 4.69) is 265 Å². The summed E-state index contributed by atoms with van der Waals surface area (Å²) in [7, 11) is 0. The fourth-order valence-corrected chi connectivity index (χ4v) is 10.4. The highest BCUT2D eigenvalue weighted by molar-refractivity contribution is 6.01. The van der Waals surface area contributed by atoms with Gasteiger partial charge in [-0.05, 0) is 128 Å². The highest BCUT2D eigenvalue weighted by Crippen LogP contribution is 2.64. The molecule has 0 N–H and O–H groups in total. The first-order valence-corrected chi connectivity index (χ1v) is 21.8. The van der Waals surface area contributed by atoms with Gasteiger partial charge in [0, 0.05) is 34.0 Å².